The van der Waals surface area contributed by atoms with Crippen LogP contribution in [0, 0.1) is 0 Å². The Labute approximate surface area is 92.5 Å². The lowest BCUT2D eigenvalue weighted by molar-refractivity contribution is -0.0816. The third kappa shape index (κ3) is 2.69. The number of nitrogens with zero attached hydrogens (tertiary/aromatic N) is 3. The maximum absolute atomic E-state index is 10.0. The van der Waals surface area contributed by atoms with Crippen molar-refractivity contribution in [2.75, 3.05) is 46.8 Å². The predicted molar refractivity (Wildman–Crippen MR) is 60.7 cm³/mol. The number of aliphatic hydroxyl groups excluding tert-OH is 1. The van der Waals surface area contributed by atoms with E-state index in [1.54, 1.807) is 0 Å². The number of piperazine rings is 1. The highest BCUT2D eigenvalue weighted by molar-refractivity contribution is 4.83. The molecule has 0 spiro atoms. The van der Waals surface area contributed by atoms with E-state index in [1.165, 1.54) is 25.9 Å². The van der Waals surface area contributed by atoms with Crippen LogP contribution in [0.1, 0.15) is 12.8 Å². The van der Waals surface area contributed by atoms with Crippen LogP contribution in [-0.2, 0) is 0 Å². The summed E-state index contributed by atoms with van der Waals surface area (Å²) in [5, 5.41) is 10.0. The molecule has 2 rings (SSSR count). The van der Waals surface area contributed by atoms with E-state index in [-0.39, 0.29) is 6.23 Å². The van der Waals surface area contributed by atoms with E-state index in [0.717, 1.165) is 19.6 Å². The molecule has 2 heterocycles. The Balaban J connectivity index is 1.87. The van der Waals surface area contributed by atoms with Gasteiger partial charge in [0.1, 0.15) is 6.23 Å². The van der Waals surface area contributed by atoms with Crippen molar-refractivity contribution in [2.45, 2.75) is 25.1 Å². The lowest BCUT2D eigenvalue weighted by atomic mass is 10.0. The van der Waals surface area contributed by atoms with Crippen molar-refractivity contribution in [3.8, 4) is 0 Å². The van der Waals surface area contributed by atoms with Crippen LogP contribution in [0.25, 0.3) is 0 Å². The van der Waals surface area contributed by atoms with Crippen LogP contribution in [0.5, 0.6) is 0 Å². The molecule has 4 heteroatoms. The van der Waals surface area contributed by atoms with Gasteiger partial charge in [-0.15, -0.1) is 0 Å². The number of likely N-dealkylation sites (N-methyl/N-ethyl adjacent to an activating group) is 1. The number of likely N-dealkylation sites (tertiary alicyclic amines) is 1. The number of hydrogen-bond acceptors (Lipinski definition) is 4. The van der Waals surface area contributed by atoms with E-state index in [0.29, 0.717) is 6.04 Å². The van der Waals surface area contributed by atoms with Crippen LogP contribution < -0.4 is 0 Å². The fourth-order valence-corrected chi connectivity index (χ4v) is 2.66. The maximum atomic E-state index is 10.0. The first-order chi connectivity index (χ1) is 7.16. The van der Waals surface area contributed by atoms with Gasteiger partial charge in [0.25, 0.3) is 0 Å². The van der Waals surface area contributed by atoms with E-state index in [9.17, 15) is 5.11 Å². The van der Waals surface area contributed by atoms with Gasteiger partial charge in [0.2, 0.25) is 0 Å². The van der Waals surface area contributed by atoms with Gasteiger partial charge in [-0.25, -0.2) is 0 Å². The van der Waals surface area contributed by atoms with E-state index in [2.05, 4.69) is 28.8 Å². The van der Waals surface area contributed by atoms with Crippen LogP contribution in [0.2, 0.25) is 0 Å². The van der Waals surface area contributed by atoms with Crippen LogP contribution in [0.15, 0.2) is 0 Å². The Morgan fingerprint density at radius 1 is 0.933 bits per heavy atom. The summed E-state index contributed by atoms with van der Waals surface area (Å²) in [6.07, 6.45) is 2.16. The SMILES string of the molecule is CN1CCC(N2CCN(C)CC2O)CC1. The molecule has 0 aromatic carbocycles. The summed E-state index contributed by atoms with van der Waals surface area (Å²) in [5.41, 5.74) is 0. The monoisotopic (exact) mass is 213 g/mol. The zero-order valence-electron chi connectivity index (χ0n) is 9.89. The zero-order valence-corrected chi connectivity index (χ0v) is 9.89. The first-order valence-electron chi connectivity index (χ1n) is 5.97. The lowest BCUT2D eigenvalue weighted by Gasteiger charge is -2.44. The second-order valence-electron chi connectivity index (χ2n) is 5.02. The standard InChI is InChI=1S/C11H23N3O/c1-12-5-3-10(4-6-12)14-8-7-13(2)9-11(14)15/h10-11,15H,3-9H2,1-2H3. The van der Waals surface area contributed by atoms with Gasteiger partial charge in [-0.05, 0) is 40.0 Å². The molecule has 15 heavy (non-hydrogen) atoms. The van der Waals surface area contributed by atoms with Crippen molar-refractivity contribution < 1.29 is 5.11 Å². The van der Waals surface area contributed by atoms with Gasteiger partial charge in [-0.3, -0.25) is 4.90 Å². The lowest BCUT2D eigenvalue weighted by Crippen LogP contribution is -2.57. The van der Waals surface area contributed by atoms with Crippen molar-refractivity contribution in [3.63, 3.8) is 0 Å². The number of piperidine rings is 1. The highest BCUT2D eigenvalue weighted by atomic mass is 16.3. The van der Waals surface area contributed by atoms with Crippen molar-refractivity contribution in [1.82, 2.24) is 14.7 Å². The molecular weight excluding hydrogens is 190 g/mol. The van der Waals surface area contributed by atoms with Gasteiger partial charge in [0.15, 0.2) is 0 Å². The average Bonchev–Trinajstić information content (AvgIpc) is 2.20. The molecule has 0 saturated carbocycles. The number of hydrogen-bond donors (Lipinski definition) is 1. The fraction of sp³-hybridized carbons (Fsp3) is 1.00. The van der Waals surface area contributed by atoms with Crippen molar-refractivity contribution in [3.05, 3.63) is 0 Å². The normalized spacial score (nSPS) is 33.4. The molecule has 2 aliphatic rings. The summed E-state index contributed by atoms with van der Waals surface area (Å²) in [6, 6.07) is 0.602. The summed E-state index contributed by atoms with van der Waals surface area (Å²) in [5.74, 6) is 0. The number of aliphatic hydroxyl groups is 1. The summed E-state index contributed by atoms with van der Waals surface area (Å²) in [4.78, 5) is 6.88. The van der Waals surface area contributed by atoms with Crippen LogP contribution in [0.3, 0.4) is 0 Å². The highest BCUT2D eigenvalue weighted by Crippen LogP contribution is 2.19. The molecule has 4 nitrogen and oxygen atoms in total. The number of β-amino-alcohol motifs (C(OH)–C–C–N with tert-alkyl or cyclic N) is 1. The molecular formula is C11H23N3O. The van der Waals surface area contributed by atoms with Crippen LogP contribution >= 0.6 is 0 Å². The Bertz CT molecular complexity index is 204. The van der Waals surface area contributed by atoms with E-state index >= 15 is 0 Å². The minimum atomic E-state index is -0.253. The summed E-state index contributed by atoms with van der Waals surface area (Å²) < 4.78 is 0. The first kappa shape index (κ1) is 11.3. The van der Waals surface area contributed by atoms with Gasteiger partial charge in [-0.2, -0.15) is 0 Å². The van der Waals surface area contributed by atoms with E-state index in [4.69, 9.17) is 0 Å². The Hall–Kier alpha value is -0.160. The predicted octanol–water partition coefficient (Wildman–Crippen LogP) is -0.354. The molecule has 1 N–H and O–H groups in total. The van der Waals surface area contributed by atoms with Crippen molar-refractivity contribution in [2.24, 2.45) is 0 Å². The minimum Gasteiger partial charge on any atom is -0.377 e. The molecule has 2 saturated heterocycles. The van der Waals surface area contributed by atoms with E-state index in [1.807, 2.05) is 0 Å². The second kappa shape index (κ2) is 4.78. The fourth-order valence-electron chi connectivity index (χ4n) is 2.66. The third-order valence-corrected chi connectivity index (χ3v) is 3.75. The molecule has 2 aliphatic heterocycles. The highest BCUT2D eigenvalue weighted by Gasteiger charge is 2.30. The summed E-state index contributed by atoms with van der Waals surface area (Å²) >= 11 is 0. The minimum absolute atomic E-state index is 0.253. The largest absolute Gasteiger partial charge is 0.377 e. The zero-order chi connectivity index (χ0) is 10.8. The molecule has 0 aromatic heterocycles. The summed E-state index contributed by atoms with van der Waals surface area (Å²) in [6.45, 7) is 5.25. The van der Waals surface area contributed by atoms with Crippen LogP contribution in [-0.4, -0.2) is 78.9 Å². The Morgan fingerprint density at radius 3 is 2.20 bits per heavy atom. The molecule has 0 aliphatic carbocycles. The third-order valence-electron chi connectivity index (χ3n) is 3.75. The van der Waals surface area contributed by atoms with Crippen molar-refractivity contribution in [1.29, 1.82) is 0 Å². The quantitative estimate of drug-likeness (QED) is 0.645. The molecule has 1 unspecified atom stereocenters. The second-order valence-corrected chi connectivity index (χ2v) is 5.02. The first-order valence-corrected chi connectivity index (χ1v) is 5.97. The molecule has 1 atom stereocenters. The molecule has 88 valence electrons. The van der Waals surface area contributed by atoms with Gasteiger partial charge in [0.05, 0.1) is 0 Å². The van der Waals surface area contributed by atoms with Gasteiger partial charge < -0.3 is 14.9 Å². The van der Waals surface area contributed by atoms with Gasteiger partial charge in [0, 0.05) is 25.7 Å². The van der Waals surface area contributed by atoms with Gasteiger partial charge in [-0.1, -0.05) is 0 Å². The smallest absolute Gasteiger partial charge is 0.120 e. The van der Waals surface area contributed by atoms with Crippen LogP contribution in [0.4, 0.5) is 0 Å². The number of rotatable bonds is 1. The molecule has 0 aromatic rings. The summed E-state index contributed by atoms with van der Waals surface area (Å²) in [7, 11) is 4.26. The molecule has 2 fully saturated rings. The average molecular weight is 213 g/mol. The molecule has 0 amide bonds. The van der Waals surface area contributed by atoms with E-state index < -0.39 is 0 Å². The Kier molecular flexibility index (Phi) is 3.61. The Morgan fingerprint density at radius 2 is 1.60 bits per heavy atom. The van der Waals surface area contributed by atoms with Gasteiger partial charge >= 0.3 is 0 Å². The molecule has 0 radical (unpaired) electrons. The maximum Gasteiger partial charge on any atom is 0.120 e. The molecule has 0 bridgehead atoms. The topological polar surface area (TPSA) is 30.0 Å². The van der Waals surface area contributed by atoms with Crippen molar-refractivity contribution >= 4 is 0 Å².